The minimum Gasteiger partial charge on any atom is -0.756 e. The maximum absolute atomic E-state index is 10.1. The number of likely N-dealkylation sites (N-methyl/N-ethyl adjacent to an activating group) is 1. The zero-order valence-electron chi connectivity index (χ0n) is 7.48. The van der Waals surface area contributed by atoms with Gasteiger partial charge in [-0.15, -0.1) is 0 Å². The first kappa shape index (κ1) is 14.5. The summed E-state index contributed by atoms with van der Waals surface area (Å²) in [5, 5.41) is 0. The Kier molecular flexibility index (Phi) is 5.96. The molecule has 0 saturated carbocycles. The summed E-state index contributed by atoms with van der Waals surface area (Å²) < 4.78 is 14.8. The van der Waals surface area contributed by atoms with Crippen LogP contribution in [-0.4, -0.2) is 49.1 Å². The first-order valence-electron chi connectivity index (χ1n) is 3.19. The molecule has 0 spiro atoms. The quantitative estimate of drug-likeness (QED) is 0.434. The molecule has 7 heteroatoms. The Labute approximate surface area is 71.9 Å². The molecular formula is C5H16NO5P. The average molecular weight is 201 g/mol. The van der Waals surface area contributed by atoms with Crippen LogP contribution in [0.4, 0.5) is 0 Å². The van der Waals surface area contributed by atoms with Crippen LogP contribution in [0.3, 0.4) is 0 Å². The zero-order chi connectivity index (χ0) is 9.12. The Morgan fingerprint density at radius 2 is 1.92 bits per heavy atom. The fraction of sp³-hybridized carbons (Fsp3) is 1.00. The highest BCUT2D eigenvalue weighted by atomic mass is 31.2. The van der Waals surface area contributed by atoms with Crippen molar-refractivity contribution in [2.75, 3.05) is 34.3 Å². The number of hydrogen-bond donors (Lipinski definition) is 1. The average Bonchev–Trinajstić information content (AvgIpc) is 1.55. The Morgan fingerprint density at radius 3 is 2.17 bits per heavy atom. The minimum absolute atomic E-state index is 0. The Hall–Kier alpha value is 0.0300. The Balaban J connectivity index is 0. The SMILES string of the molecule is C[N+](C)(C)CCOP(=O)([O-])O.O. The van der Waals surface area contributed by atoms with Crippen molar-refractivity contribution in [3.05, 3.63) is 0 Å². The fourth-order valence-corrected chi connectivity index (χ4v) is 0.742. The molecule has 0 aromatic rings. The molecule has 0 aliphatic rings. The molecule has 0 rings (SSSR count). The van der Waals surface area contributed by atoms with Gasteiger partial charge >= 0.3 is 0 Å². The lowest BCUT2D eigenvalue weighted by atomic mass is 10.5. The van der Waals surface area contributed by atoms with Crippen LogP contribution in [0.15, 0.2) is 0 Å². The smallest absolute Gasteiger partial charge is 0.265 e. The van der Waals surface area contributed by atoms with Crippen molar-refractivity contribution in [1.29, 1.82) is 0 Å². The minimum atomic E-state index is -4.51. The van der Waals surface area contributed by atoms with Crippen molar-refractivity contribution in [1.82, 2.24) is 0 Å². The van der Waals surface area contributed by atoms with Gasteiger partial charge in [0.15, 0.2) is 0 Å². The molecular weight excluding hydrogens is 185 g/mol. The van der Waals surface area contributed by atoms with E-state index < -0.39 is 7.82 Å². The summed E-state index contributed by atoms with van der Waals surface area (Å²) in [6.07, 6.45) is 0. The van der Waals surface area contributed by atoms with Gasteiger partial charge in [0.1, 0.15) is 13.2 Å². The summed E-state index contributed by atoms with van der Waals surface area (Å²) in [4.78, 5) is 18.3. The van der Waals surface area contributed by atoms with Crippen LogP contribution in [0.25, 0.3) is 0 Å². The molecule has 0 fully saturated rings. The maximum atomic E-state index is 10.1. The summed E-state index contributed by atoms with van der Waals surface area (Å²) in [6, 6.07) is 0. The second kappa shape index (κ2) is 4.91. The highest BCUT2D eigenvalue weighted by Gasteiger charge is 2.08. The van der Waals surface area contributed by atoms with Crippen LogP contribution in [0.1, 0.15) is 0 Å². The number of hydrogen-bond acceptors (Lipinski definition) is 3. The monoisotopic (exact) mass is 201 g/mol. The van der Waals surface area contributed by atoms with E-state index in [0.29, 0.717) is 11.0 Å². The predicted octanol–water partition coefficient (Wildman–Crippen LogP) is -1.65. The predicted molar refractivity (Wildman–Crippen MR) is 42.3 cm³/mol. The molecule has 0 aromatic carbocycles. The van der Waals surface area contributed by atoms with E-state index in [1.165, 1.54) is 0 Å². The molecule has 0 amide bonds. The zero-order valence-corrected chi connectivity index (χ0v) is 8.38. The van der Waals surface area contributed by atoms with Gasteiger partial charge in [0, 0.05) is 0 Å². The molecule has 0 aromatic heterocycles. The standard InChI is InChI=1S/C5H14NO4P.H2O/c1-6(2,3)4-5-10-11(7,8)9;/h4-5H2,1-3H3,(H-,7,8,9);1H2. The van der Waals surface area contributed by atoms with E-state index in [-0.39, 0.29) is 12.1 Å². The van der Waals surface area contributed by atoms with Gasteiger partial charge in [-0.3, -0.25) is 4.57 Å². The second-order valence-corrected chi connectivity index (χ2v) is 4.51. The highest BCUT2D eigenvalue weighted by Crippen LogP contribution is 2.29. The first-order chi connectivity index (χ1) is 4.71. The second-order valence-electron chi connectivity index (χ2n) is 3.32. The molecule has 76 valence electrons. The lowest BCUT2D eigenvalue weighted by Crippen LogP contribution is -2.37. The van der Waals surface area contributed by atoms with Crippen molar-refractivity contribution in [2.45, 2.75) is 0 Å². The molecule has 6 nitrogen and oxygen atoms in total. The summed E-state index contributed by atoms with van der Waals surface area (Å²) in [5.74, 6) is 0. The first-order valence-corrected chi connectivity index (χ1v) is 4.69. The van der Waals surface area contributed by atoms with Gasteiger partial charge < -0.3 is 24.3 Å². The summed E-state index contributed by atoms with van der Waals surface area (Å²) in [5.41, 5.74) is 0. The van der Waals surface area contributed by atoms with Gasteiger partial charge in [0.05, 0.1) is 21.1 Å². The van der Waals surface area contributed by atoms with Crippen molar-refractivity contribution in [3.8, 4) is 0 Å². The van der Waals surface area contributed by atoms with Crippen molar-refractivity contribution in [2.24, 2.45) is 0 Å². The van der Waals surface area contributed by atoms with E-state index in [4.69, 9.17) is 4.89 Å². The van der Waals surface area contributed by atoms with E-state index in [2.05, 4.69) is 4.52 Å². The molecule has 0 bridgehead atoms. The summed E-state index contributed by atoms with van der Waals surface area (Å²) in [7, 11) is 1.19. The van der Waals surface area contributed by atoms with Crippen molar-refractivity contribution in [3.63, 3.8) is 0 Å². The molecule has 1 unspecified atom stereocenters. The van der Waals surface area contributed by atoms with Crippen molar-refractivity contribution < 1.29 is 28.8 Å². The highest BCUT2D eigenvalue weighted by molar-refractivity contribution is 7.44. The maximum Gasteiger partial charge on any atom is 0.265 e. The van der Waals surface area contributed by atoms with Gasteiger partial charge in [0.2, 0.25) is 0 Å². The molecule has 0 aliphatic heterocycles. The molecule has 1 atom stereocenters. The molecule has 0 saturated heterocycles. The summed E-state index contributed by atoms with van der Waals surface area (Å²) in [6.45, 7) is 0.549. The number of quaternary nitrogens is 1. The topological polar surface area (TPSA) is 101 Å². The van der Waals surface area contributed by atoms with Gasteiger partial charge in [-0.25, -0.2) is 0 Å². The van der Waals surface area contributed by atoms with E-state index in [0.717, 1.165) is 0 Å². The third kappa shape index (κ3) is 12.7. The van der Waals surface area contributed by atoms with E-state index in [9.17, 15) is 9.46 Å². The van der Waals surface area contributed by atoms with Crippen LogP contribution in [0.5, 0.6) is 0 Å². The van der Waals surface area contributed by atoms with E-state index in [1.54, 1.807) is 0 Å². The van der Waals surface area contributed by atoms with Crippen LogP contribution < -0.4 is 4.89 Å². The van der Waals surface area contributed by atoms with Gasteiger partial charge in [0.25, 0.3) is 7.82 Å². The van der Waals surface area contributed by atoms with Gasteiger partial charge in [-0.05, 0) is 0 Å². The Bertz CT molecular complexity index is 160. The largest absolute Gasteiger partial charge is 0.756 e. The lowest BCUT2D eigenvalue weighted by molar-refractivity contribution is -0.870. The molecule has 12 heavy (non-hydrogen) atoms. The lowest BCUT2D eigenvalue weighted by Gasteiger charge is -2.25. The van der Waals surface area contributed by atoms with Crippen LogP contribution in [0, 0.1) is 0 Å². The number of phosphoric ester groups is 1. The van der Waals surface area contributed by atoms with Crippen LogP contribution >= 0.6 is 7.82 Å². The fourth-order valence-electron chi connectivity index (χ4n) is 0.430. The van der Waals surface area contributed by atoms with E-state index >= 15 is 0 Å². The Morgan fingerprint density at radius 1 is 1.50 bits per heavy atom. The third-order valence-electron chi connectivity index (χ3n) is 1.02. The van der Waals surface area contributed by atoms with Crippen LogP contribution in [-0.2, 0) is 9.09 Å². The van der Waals surface area contributed by atoms with Crippen molar-refractivity contribution >= 4 is 7.82 Å². The van der Waals surface area contributed by atoms with Gasteiger partial charge in [-0.1, -0.05) is 0 Å². The van der Waals surface area contributed by atoms with Crippen LogP contribution in [0.2, 0.25) is 0 Å². The molecule has 0 heterocycles. The summed E-state index contributed by atoms with van der Waals surface area (Å²) >= 11 is 0. The number of phosphoric acid groups is 1. The molecule has 0 aliphatic carbocycles. The third-order valence-corrected chi connectivity index (χ3v) is 1.53. The number of nitrogens with zero attached hydrogens (tertiary/aromatic N) is 1. The normalized spacial score (nSPS) is 16.4. The molecule has 0 radical (unpaired) electrons. The molecule has 3 N–H and O–H groups in total. The van der Waals surface area contributed by atoms with Gasteiger partial charge in [-0.2, -0.15) is 0 Å². The number of rotatable bonds is 4. The van der Waals surface area contributed by atoms with E-state index in [1.807, 2.05) is 21.1 Å².